The Hall–Kier alpha value is -2.48. The molecule has 8 heteroatoms. The highest BCUT2D eigenvalue weighted by atomic mass is 19.1. The first-order chi connectivity index (χ1) is 11.1. The minimum Gasteiger partial charge on any atom is -0.388 e. The molecule has 1 fully saturated rings. The molecule has 3 rings (SSSR count). The summed E-state index contributed by atoms with van der Waals surface area (Å²) in [5.74, 6) is -1.31. The molecule has 23 heavy (non-hydrogen) atoms. The van der Waals surface area contributed by atoms with E-state index >= 15 is 0 Å². The van der Waals surface area contributed by atoms with Gasteiger partial charge < -0.3 is 19.4 Å². The second kappa shape index (κ2) is 6.33. The first-order valence-electron chi connectivity index (χ1n) is 7.14. The summed E-state index contributed by atoms with van der Waals surface area (Å²) in [4.78, 5) is 15.6. The van der Waals surface area contributed by atoms with Gasteiger partial charge >= 0.3 is 0 Å². The minimum absolute atomic E-state index is 0.135. The van der Waals surface area contributed by atoms with E-state index < -0.39 is 11.6 Å². The van der Waals surface area contributed by atoms with Crippen LogP contribution in [0.25, 0.3) is 0 Å². The van der Waals surface area contributed by atoms with Gasteiger partial charge in [0.05, 0.1) is 5.69 Å². The van der Waals surface area contributed by atoms with Crippen LogP contribution < -0.4 is 4.90 Å². The number of hydrogen-bond acceptors (Lipinski definition) is 5. The van der Waals surface area contributed by atoms with Gasteiger partial charge in [-0.05, 0) is 12.1 Å². The number of aliphatic hydroxyl groups excluding tert-OH is 1. The van der Waals surface area contributed by atoms with Crippen molar-refractivity contribution in [3.8, 4) is 0 Å². The van der Waals surface area contributed by atoms with Crippen molar-refractivity contribution in [3.05, 3.63) is 47.4 Å². The minimum atomic E-state index is -0.620. The number of amides is 1. The number of aromatic nitrogens is 1. The molecule has 2 heterocycles. The number of hydrogen-bond donors (Lipinski definition) is 1. The van der Waals surface area contributed by atoms with Crippen LogP contribution in [0.1, 0.15) is 16.2 Å². The Labute approximate surface area is 130 Å². The molecule has 1 aliphatic rings. The lowest BCUT2D eigenvalue weighted by atomic mass is 10.2. The molecule has 0 aliphatic carbocycles. The number of aliphatic hydroxyl groups is 1. The van der Waals surface area contributed by atoms with E-state index in [9.17, 15) is 13.6 Å². The Morgan fingerprint density at radius 1 is 1.22 bits per heavy atom. The number of anilines is 1. The van der Waals surface area contributed by atoms with E-state index in [0.717, 1.165) is 6.07 Å². The van der Waals surface area contributed by atoms with Gasteiger partial charge in [-0.3, -0.25) is 4.79 Å². The van der Waals surface area contributed by atoms with Gasteiger partial charge in [-0.25, -0.2) is 8.78 Å². The molecular weight excluding hydrogens is 308 g/mol. The molecule has 1 aromatic heterocycles. The van der Waals surface area contributed by atoms with Gasteiger partial charge in [0.2, 0.25) is 0 Å². The molecular formula is C15H15F2N3O3. The zero-order valence-electron chi connectivity index (χ0n) is 12.2. The first kappa shape index (κ1) is 15.4. The Morgan fingerprint density at radius 3 is 2.57 bits per heavy atom. The van der Waals surface area contributed by atoms with Crippen LogP contribution in [-0.2, 0) is 6.61 Å². The lowest BCUT2D eigenvalue weighted by Gasteiger charge is -2.35. The van der Waals surface area contributed by atoms with Crippen LogP contribution in [0.4, 0.5) is 14.5 Å². The number of benzene rings is 1. The topological polar surface area (TPSA) is 69.8 Å². The van der Waals surface area contributed by atoms with Crippen LogP contribution >= 0.6 is 0 Å². The van der Waals surface area contributed by atoms with E-state index in [1.165, 1.54) is 18.2 Å². The summed E-state index contributed by atoms with van der Waals surface area (Å²) in [6, 6.07) is 4.85. The van der Waals surface area contributed by atoms with Gasteiger partial charge in [0.25, 0.3) is 5.91 Å². The number of rotatable bonds is 3. The number of carbonyl (C=O) groups excluding carboxylic acids is 1. The highest BCUT2D eigenvalue weighted by Crippen LogP contribution is 2.22. The van der Waals surface area contributed by atoms with E-state index in [2.05, 4.69) is 5.16 Å². The maximum Gasteiger partial charge on any atom is 0.276 e. The summed E-state index contributed by atoms with van der Waals surface area (Å²) in [7, 11) is 0. The Morgan fingerprint density at radius 2 is 1.96 bits per heavy atom. The Kier molecular flexibility index (Phi) is 4.24. The molecule has 122 valence electrons. The van der Waals surface area contributed by atoms with Crippen molar-refractivity contribution in [3.63, 3.8) is 0 Å². The van der Waals surface area contributed by atoms with Crippen molar-refractivity contribution in [1.82, 2.24) is 10.1 Å². The largest absolute Gasteiger partial charge is 0.388 e. The molecule has 6 nitrogen and oxygen atoms in total. The van der Waals surface area contributed by atoms with Crippen LogP contribution in [0.5, 0.6) is 0 Å². The zero-order valence-corrected chi connectivity index (χ0v) is 12.2. The summed E-state index contributed by atoms with van der Waals surface area (Å²) in [5, 5.41) is 12.5. The second-order valence-corrected chi connectivity index (χ2v) is 5.21. The van der Waals surface area contributed by atoms with Gasteiger partial charge in [0.1, 0.15) is 18.2 Å². The number of nitrogens with zero attached hydrogens (tertiary/aromatic N) is 3. The van der Waals surface area contributed by atoms with Gasteiger partial charge in [0, 0.05) is 38.3 Å². The number of halogens is 2. The summed E-state index contributed by atoms with van der Waals surface area (Å²) >= 11 is 0. The van der Waals surface area contributed by atoms with Crippen molar-refractivity contribution in [2.24, 2.45) is 0 Å². The number of carbonyl (C=O) groups is 1. The summed E-state index contributed by atoms with van der Waals surface area (Å²) in [6.07, 6.45) is 0. The van der Waals surface area contributed by atoms with Gasteiger partial charge in [-0.1, -0.05) is 5.16 Å². The molecule has 0 saturated carbocycles. The van der Waals surface area contributed by atoms with E-state index in [-0.39, 0.29) is 24.0 Å². The van der Waals surface area contributed by atoms with E-state index in [0.29, 0.717) is 31.9 Å². The molecule has 1 aliphatic heterocycles. The molecule has 1 saturated heterocycles. The quantitative estimate of drug-likeness (QED) is 0.925. The Bertz CT molecular complexity index is 712. The van der Waals surface area contributed by atoms with E-state index in [1.54, 1.807) is 9.80 Å². The maximum absolute atomic E-state index is 13.8. The molecule has 1 N–H and O–H groups in total. The lowest BCUT2D eigenvalue weighted by molar-refractivity contribution is 0.0736. The highest BCUT2D eigenvalue weighted by Gasteiger charge is 2.25. The van der Waals surface area contributed by atoms with Gasteiger partial charge in [-0.2, -0.15) is 0 Å². The SMILES string of the molecule is O=C(c1cc(CO)on1)N1CCN(c2ccc(F)cc2F)CC1. The third-order valence-corrected chi connectivity index (χ3v) is 3.75. The molecule has 0 atom stereocenters. The van der Waals surface area contributed by atoms with Crippen LogP contribution in [0.15, 0.2) is 28.8 Å². The fourth-order valence-electron chi connectivity index (χ4n) is 2.54. The van der Waals surface area contributed by atoms with Crippen LogP contribution in [0.3, 0.4) is 0 Å². The summed E-state index contributed by atoms with van der Waals surface area (Å²) in [6.45, 7) is 1.31. The molecule has 0 radical (unpaired) electrons. The molecule has 1 amide bonds. The van der Waals surface area contributed by atoms with Gasteiger partial charge in [0.15, 0.2) is 11.5 Å². The molecule has 1 aromatic carbocycles. The van der Waals surface area contributed by atoms with Crippen molar-refractivity contribution in [1.29, 1.82) is 0 Å². The number of piperazine rings is 1. The monoisotopic (exact) mass is 323 g/mol. The van der Waals surface area contributed by atoms with Crippen LogP contribution in [0, 0.1) is 11.6 Å². The lowest BCUT2D eigenvalue weighted by Crippen LogP contribution is -2.49. The van der Waals surface area contributed by atoms with E-state index in [4.69, 9.17) is 9.63 Å². The third-order valence-electron chi connectivity index (χ3n) is 3.75. The average Bonchev–Trinajstić information content (AvgIpc) is 3.03. The van der Waals surface area contributed by atoms with E-state index in [1.807, 2.05) is 0 Å². The summed E-state index contributed by atoms with van der Waals surface area (Å²) < 4.78 is 31.5. The molecule has 0 bridgehead atoms. The van der Waals surface area contributed by atoms with Crippen LogP contribution in [0.2, 0.25) is 0 Å². The average molecular weight is 323 g/mol. The van der Waals surface area contributed by atoms with Crippen molar-refractivity contribution in [2.45, 2.75) is 6.61 Å². The zero-order chi connectivity index (χ0) is 16.4. The van der Waals surface area contributed by atoms with Crippen molar-refractivity contribution >= 4 is 11.6 Å². The molecule has 0 unspecified atom stereocenters. The predicted octanol–water partition coefficient (Wildman–Crippen LogP) is 1.41. The molecule has 0 spiro atoms. The first-order valence-corrected chi connectivity index (χ1v) is 7.14. The maximum atomic E-state index is 13.8. The van der Waals surface area contributed by atoms with Crippen molar-refractivity contribution in [2.75, 3.05) is 31.1 Å². The fourth-order valence-corrected chi connectivity index (χ4v) is 2.54. The second-order valence-electron chi connectivity index (χ2n) is 5.21. The smallest absolute Gasteiger partial charge is 0.276 e. The van der Waals surface area contributed by atoms with Gasteiger partial charge in [-0.15, -0.1) is 0 Å². The van der Waals surface area contributed by atoms with Crippen LogP contribution in [-0.4, -0.2) is 47.2 Å². The standard InChI is InChI=1S/C15H15F2N3O3/c16-10-1-2-14(12(17)7-10)19-3-5-20(6-4-19)15(22)13-8-11(9-21)23-18-13/h1-2,7-8,21H,3-6,9H2. The molecule has 2 aromatic rings. The normalized spacial score (nSPS) is 15.1. The predicted molar refractivity (Wildman–Crippen MR) is 76.9 cm³/mol. The van der Waals surface area contributed by atoms with Crippen molar-refractivity contribution < 1.29 is 23.2 Å². The Balaban J connectivity index is 1.65. The third kappa shape index (κ3) is 3.16. The summed E-state index contributed by atoms with van der Waals surface area (Å²) in [5.41, 5.74) is 0.456. The highest BCUT2D eigenvalue weighted by molar-refractivity contribution is 5.92. The fraction of sp³-hybridized carbons (Fsp3) is 0.333.